The van der Waals surface area contributed by atoms with Crippen LogP contribution >= 0.6 is 0 Å². The monoisotopic (exact) mass is 453 g/mol. The van der Waals surface area contributed by atoms with Gasteiger partial charge in [0.05, 0.1) is 17.8 Å². The van der Waals surface area contributed by atoms with E-state index in [2.05, 4.69) is 6.58 Å². The molecule has 0 spiro atoms. The summed E-state index contributed by atoms with van der Waals surface area (Å²) in [5.74, 6) is -1.22. The number of aliphatic hydroxyl groups excluding tert-OH is 2. The second-order valence-corrected chi connectivity index (χ2v) is 10.7. The standard InChI is InChI=1S/C24H39NO7/c1-8-22(6)13-15(27)24(30)19(32-22)17(31-20(29)25(9-2)10-3)16(28)18-21(4,5)12-11-14(26)23(18,24)7/h8,14,16-19,26,28,30H,1,9-13H2,2-7H3/t14-,16?,17?,18-,19+,22-,23?,24+/m0/s1. The van der Waals surface area contributed by atoms with Gasteiger partial charge in [-0.15, -0.1) is 6.58 Å². The maximum absolute atomic E-state index is 13.6. The van der Waals surface area contributed by atoms with E-state index in [0.717, 1.165) is 0 Å². The molecule has 8 atom stereocenters. The molecule has 1 amide bonds. The average Bonchev–Trinajstić information content (AvgIpc) is 2.72. The largest absolute Gasteiger partial charge is 0.440 e. The topological polar surface area (TPSA) is 117 Å². The molecule has 0 aromatic carbocycles. The molecule has 8 heteroatoms. The van der Waals surface area contributed by atoms with Crippen molar-refractivity contribution in [2.75, 3.05) is 13.1 Å². The molecule has 32 heavy (non-hydrogen) atoms. The van der Waals surface area contributed by atoms with Gasteiger partial charge in [0.1, 0.15) is 6.10 Å². The van der Waals surface area contributed by atoms with Crippen molar-refractivity contribution in [1.82, 2.24) is 4.90 Å². The Morgan fingerprint density at radius 1 is 1.25 bits per heavy atom. The first-order chi connectivity index (χ1) is 14.7. The van der Waals surface area contributed by atoms with Crippen LogP contribution in [0.1, 0.15) is 60.8 Å². The van der Waals surface area contributed by atoms with Gasteiger partial charge >= 0.3 is 6.09 Å². The molecule has 0 radical (unpaired) electrons. The van der Waals surface area contributed by atoms with Crippen molar-refractivity contribution in [3.05, 3.63) is 12.7 Å². The predicted molar refractivity (Wildman–Crippen MR) is 118 cm³/mol. The zero-order chi connectivity index (χ0) is 24.3. The van der Waals surface area contributed by atoms with E-state index in [1.165, 1.54) is 11.0 Å². The molecule has 3 rings (SSSR count). The highest BCUT2D eigenvalue weighted by molar-refractivity contribution is 5.91. The van der Waals surface area contributed by atoms with Crippen LogP contribution in [0.5, 0.6) is 0 Å². The van der Waals surface area contributed by atoms with Crippen molar-refractivity contribution in [2.24, 2.45) is 16.7 Å². The van der Waals surface area contributed by atoms with Crippen LogP contribution in [0.15, 0.2) is 12.7 Å². The van der Waals surface area contributed by atoms with Crippen LogP contribution in [0.4, 0.5) is 4.79 Å². The summed E-state index contributed by atoms with van der Waals surface area (Å²) in [5.41, 5.74) is -5.18. The van der Waals surface area contributed by atoms with Gasteiger partial charge in [0.25, 0.3) is 0 Å². The van der Waals surface area contributed by atoms with Crippen molar-refractivity contribution in [3.8, 4) is 0 Å². The minimum atomic E-state index is -2.15. The molecule has 1 heterocycles. The highest BCUT2D eigenvalue weighted by Crippen LogP contribution is 2.64. The lowest BCUT2D eigenvalue weighted by atomic mass is 9.42. The molecular formula is C24H39NO7. The highest BCUT2D eigenvalue weighted by Gasteiger charge is 2.76. The van der Waals surface area contributed by atoms with E-state index in [1.807, 2.05) is 27.7 Å². The molecule has 3 fully saturated rings. The van der Waals surface area contributed by atoms with Crippen LogP contribution in [-0.2, 0) is 14.3 Å². The molecule has 0 bridgehead atoms. The number of hydrogen-bond donors (Lipinski definition) is 3. The Balaban J connectivity index is 2.19. The molecular weight excluding hydrogens is 414 g/mol. The molecule has 2 aliphatic carbocycles. The van der Waals surface area contributed by atoms with Gasteiger partial charge in [-0.2, -0.15) is 0 Å². The minimum Gasteiger partial charge on any atom is -0.440 e. The smallest absolute Gasteiger partial charge is 0.410 e. The Labute approximate surface area is 190 Å². The SMILES string of the molecule is C=C[C@@]1(C)CC(=O)[C@@]2(O)[C@H](O1)C(OC(=O)N(CC)CC)C(O)[C@H]1C(C)(C)CC[C@H](O)C12C. The number of carbonyl (C=O) groups excluding carboxylic acids is 2. The van der Waals surface area contributed by atoms with Crippen molar-refractivity contribution in [1.29, 1.82) is 0 Å². The zero-order valence-electron chi connectivity index (χ0n) is 20.1. The second kappa shape index (κ2) is 8.08. The van der Waals surface area contributed by atoms with E-state index in [4.69, 9.17) is 9.47 Å². The number of hydrogen-bond acceptors (Lipinski definition) is 7. The van der Waals surface area contributed by atoms with E-state index >= 15 is 0 Å². The summed E-state index contributed by atoms with van der Waals surface area (Å²) in [6.07, 6.45) is -3.29. The van der Waals surface area contributed by atoms with Crippen molar-refractivity contribution in [3.63, 3.8) is 0 Å². The van der Waals surface area contributed by atoms with Gasteiger partial charge < -0.3 is 29.7 Å². The summed E-state index contributed by atoms with van der Waals surface area (Å²) < 4.78 is 12.0. The normalized spacial score (nSPS) is 45.4. The van der Waals surface area contributed by atoms with E-state index in [9.17, 15) is 24.9 Å². The number of aliphatic hydroxyl groups is 3. The van der Waals surface area contributed by atoms with Gasteiger partial charge in [-0.05, 0) is 39.0 Å². The number of carbonyl (C=O) groups is 2. The maximum atomic E-state index is 13.6. The summed E-state index contributed by atoms with van der Waals surface area (Å²) in [4.78, 5) is 27.9. The highest BCUT2D eigenvalue weighted by atomic mass is 16.6. The first-order valence-electron chi connectivity index (χ1n) is 11.6. The number of amides is 1. The van der Waals surface area contributed by atoms with Gasteiger partial charge in [0.2, 0.25) is 0 Å². The summed E-state index contributed by atoms with van der Waals surface area (Å²) in [6.45, 7) is 15.4. The quantitative estimate of drug-likeness (QED) is 0.558. The molecule has 3 unspecified atom stereocenters. The number of rotatable bonds is 4. The second-order valence-electron chi connectivity index (χ2n) is 10.7. The Hall–Kier alpha value is -1.48. The van der Waals surface area contributed by atoms with Gasteiger partial charge in [0.15, 0.2) is 17.5 Å². The molecule has 182 valence electrons. The van der Waals surface area contributed by atoms with E-state index in [-0.39, 0.29) is 6.42 Å². The fourth-order valence-corrected chi connectivity index (χ4v) is 6.53. The molecule has 2 saturated carbocycles. The summed E-state index contributed by atoms with van der Waals surface area (Å²) in [6, 6.07) is 0. The van der Waals surface area contributed by atoms with Crippen molar-refractivity contribution >= 4 is 11.9 Å². The zero-order valence-corrected chi connectivity index (χ0v) is 20.1. The van der Waals surface area contributed by atoms with Crippen LogP contribution in [-0.4, -0.2) is 80.8 Å². The Morgan fingerprint density at radius 3 is 2.38 bits per heavy atom. The Kier molecular flexibility index (Phi) is 6.35. The van der Waals surface area contributed by atoms with Crippen LogP contribution in [0.25, 0.3) is 0 Å². The third-order valence-electron chi connectivity index (χ3n) is 8.48. The lowest BCUT2D eigenvalue weighted by Crippen LogP contribution is -2.82. The van der Waals surface area contributed by atoms with Gasteiger partial charge in [0, 0.05) is 30.8 Å². The number of nitrogens with zero attached hydrogens (tertiary/aromatic N) is 1. The first kappa shape index (κ1) is 25.1. The van der Waals surface area contributed by atoms with Crippen LogP contribution < -0.4 is 0 Å². The fourth-order valence-electron chi connectivity index (χ4n) is 6.53. The van der Waals surface area contributed by atoms with Gasteiger partial charge in [-0.1, -0.05) is 26.8 Å². The number of Topliss-reactive ketones (excluding diaryl/α,β-unsaturated/α-hetero) is 1. The van der Waals surface area contributed by atoms with E-state index in [1.54, 1.807) is 13.8 Å². The summed E-state index contributed by atoms with van der Waals surface area (Å²) in [5, 5.41) is 34.9. The molecule has 8 nitrogen and oxygen atoms in total. The van der Waals surface area contributed by atoms with Crippen molar-refractivity contribution in [2.45, 2.75) is 96.4 Å². The third kappa shape index (κ3) is 3.33. The lowest BCUT2D eigenvalue weighted by molar-refractivity contribution is -0.334. The average molecular weight is 454 g/mol. The third-order valence-corrected chi connectivity index (χ3v) is 8.48. The lowest BCUT2D eigenvalue weighted by Gasteiger charge is -2.67. The first-order valence-corrected chi connectivity index (χ1v) is 11.6. The summed E-state index contributed by atoms with van der Waals surface area (Å²) in [7, 11) is 0. The van der Waals surface area contributed by atoms with Crippen LogP contribution in [0, 0.1) is 16.7 Å². The molecule has 3 aliphatic rings. The fraction of sp³-hybridized carbons (Fsp3) is 0.833. The molecule has 0 aromatic rings. The predicted octanol–water partition coefficient (Wildman–Crippen LogP) is 2.05. The molecule has 0 aromatic heterocycles. The van der Waals surface area contributed by atoms with Crippen LogP contribution in [0.3, 0.4) is 0 Å². The van der Waals surface area contributed by atoms with Gasteiger partial charge in [-0.3, -0.25) is 4.79 Å². The van der Waals surface area contributed by atoms with Crippen molar-refractivity contribution < 1.29 is 34.4 Å². The Morgan fingerprint density at radius 2 is 1.84 bits per heavy atom. The van der Waals surface area contributed by atoms with E-state index in [0.29, 0.717) is 25.9 Å². The maximum Gasteiger partial charge on any atom is 0.410 e. The molecule has 1 saturated heterocycles. The summed E-state index contributed by atoms with van der Waals surface area (Å²) >= 11 is 0. The molecule has 1 aliphatic heterocycles. The Bertz CT molecular complexity index is 780. The number of fused-ring (bicyclic) bond motifs is 3. The number of ether oxygens (including phenoxy) is 2. The van der Waals surface area contributed by atoms with Gasteiger partial charge in [-0.25, -0.2) is 4.79 Å². The molecule has 3 N–H and O–H groups in total. The number of ketones is 1. The van der Waals surface area contributed by atoms with E-state index < -0.39 is 64.2 Å². The minimum absolute atomic E-state index is 0.133. The van der Waals surface area contributed by atoms with Crippen LogP contribution in [0.2, 0.25) is 0 Å².